The molecule has 5 nitrogen and oxygen atoms in total. The Balaban J connectivity index is 1.65. The lowest BCUT2D eigenvalue weighted by Gasteiger charge is -2.29. The molecule has 6 heteroatoms. The highest BCUT2D eigenvalue weighted by Crippen LogP contribution is 2.27. The van der Waals surface area contributed by atoms with Crippen molar-refractivity contribution in [1.29, 1.82) is 0 Å². The number of aryl methyl sites for hydroxylation is 2. The second kappa shape index (κ2) is 6.50. The van der Waals surface area contributed by atoms with Crippen molar-refractivity contribution in [3.8, 4) is 0 Å². The Morgan fingerprint density at radius 3 is 3.00 bits per heavy atom. The third-order valence-electron chi connectivity index (χ3n) is 4.15. The standard InChI is InChI=1S/C17H20FN3O2/c1-11-3-4-12(7-15(11)18)17(22)20-14-5-6-23-16(8-14)13-9-19-21(2)10-13/h3-4,7,9-10,14,16H,5-6,8H2,1-2H3,(H,20,22)/t14-,16-/m0/s1. The van der Waals surface area contributed by atoms with Gasteiger partial charge in [-0.1, -0.05) is 6.07 Å². The van der Waals surface area contributed by atoms with Crippen LogP contribution in [0.4, 0.5) is 4.39 Å². The van der Waals surface area contributed by atoms with Crippen molar-refractivity contribution in [3.05, 3.63) is 53.1 Å². The number of amides is 1. The molecule has 0 aliphatic carbocycles. The minimum atomic E-state index is -0.363. The van der Waals surface area contributed by atoms with Crippen LogP contribution in [0.15, 0.2) is 30.6 Å². The largest absolute Gasteiger partial charge is 0.373 e. The van der Waals surface area contributed by atoms with E-state index in [1.807, 2.05) is 13.2 Å². The number of halogens is 1. The van der Waals surface area contributed by atoms with Crippen LogP contribution in [0.5, 0.6) is 0 Å². The molecule has 1 aromatic heterocycles. The van der Waals surface area contributed by atoms with Gasteiger partial charge >= 0.3 is 0 Å². The van der Waals surface area contributed by atoms with Gasteiger partial charge in [-0.2, -0.15) is 5.10 Å². The first kappa shape index (κ1) is 15.7. The van der Waals surface area contributed by atoms with E-state index in [1.54, 1.807) is 29.9 Å². The van der Waals surface area contributed by atoms with Crippen molar-refractivity contribution in [2.75, 3.05) is 6.61 Å². The van der Waals surface area contributed by atoms with Crippen LogP contribution in [0, 0.1) is 12.7 Å². The lowest BCUT2D eigenvalue weighted by molar-refractivity contribution is 0.000864. The third kappa shape index (κ3) is 3.59. The van der Waals surface area contributed by atoms with Crippen LogP contribution in [0.25, 0.3) is 0 Å². The van der Waals surface area contributed by atoms with Crippen molar-refractivity contribution >= 4 is 5.91 Å². The van der Waals surface area contributed by atoms with Crippen LogP contribution in [-0.2, 0) is 11.8 Å². The smallest absolute Gasteiger partial charge is 0.251 e. The van der Waals surface area contributed by atoms with Crippen molar-refractivity contribution < 1.29 is 13.9 Å². The molecule has 2 atom stereocenters. The van der Waals surface area contributed by atoms with E-state index < -0.39 is 0 Å². The number of hydrogen-bond acceptors (Lipinski definition) is 3. The molecule has 3 rings (SSSR count). The number of hydrogen-bond donors (Lipinski definition) is 1. The van der Waals surface area contributed by atoms with Crippen molar-refractivity contribution in [1.82, 2.24) is 15.1 Å². The summed E-state index contributed by atoms with van der Waals surface area (Å²) in [7, 11) is 1.86. The number of rotatable bonds is 3. The molecule has 0 saturated carbocycles. The van der Waals surface area contributed by atoms with Crippen LogP contribution in [0.2, 0.25) is 0 Å². The summed E-state index contributed by atoms with van der Waals surface area (Å²) in [6.07, 6.45) is 5.06. The Morgan fingerprint density at radius 2 is 2.30 bits per heavy atom. The number of carbonyl (C=O) groups is 1. The van der Waals surface area contributed by atoms with Gasteiger partial charge in [0, 0.05) is 37.0 Å². The second-order valence-electron chi connectivity index (χ2n) is 5.97. The highest BCUT2D eigenvalue weighted by atomic mass is 19.1. The highest BCUT2D eigenvalue weighted by molar-refractivity contribution is 5.94. The van der Waals surface area contributed by atoms with Gasteiger partial charge in [-0.15, -0.1) is 0 Å². The van der Waals surface area contributed by atoms with Crippen LogP contribution >= 0.6 is 0 Å². The molecule has 23 heavy (non-hydrogen) atoms. The monoisotopic (exact) mass is 317 g/mol. The van der Waals surface area contributed by atoms with Crippen molar-refractivity contribution in [2.45, 2.75) is 31.9 Å². The van der Waals surface area contributed by atoms with Gasteiger partial charge in [0.15, 0.2) is 0 Å². The molecule has 1 fully saturated rings. The van der Waals surface area contributed by atoms with E-state index in [2.05, 4.69) is 10.4 Å². The van der Waals surface area contributed by atoms with E-state index in [9.17, 15) is 9.18 Å². The SMILES string of the molecule is Cc1ccc(C(=O)N[C@H]2CCO[C@H](c3cnn(C)c3)C2)cc1F. The Hall–Kier alpha value is -2.21. The normalized spacial score (nSPS) is 21.2. The lowest BCUT2D eigenvalue weighted by Crippen LogP contribution is -2.39. The zero-order chi connectivity index (χ0) is 16.4. The van der Waals surface area contributed by atoms with Crippen molar-refractivity contribution in [2.24, 2.45) is 7.05 Å². The average molecular weight is 317 g/mol. The van der Waals surface area contributed by atoms with E-state index in [0.29, 0.717) is 24.2 Å². The molecule has 1 saturated heterocycles. The molecule has 122 valence electrons. The maximum absolute atomic E-state index is 13.6. The zero-order valence-corrected chi connectivity index (χ0v) is 13.3. The maximum Gasteiger partial charge on any atom is 0.251 e. The summed E-state index contributed by atoms with van der Waals surface area (Å²) in [5.74, 6) is -0.612. The van der Waals surface area contributed by atoms with E-state index in [1.165, 1.54) is 6.07 Å². The summed E-state index contributed by atoms with van der Waals surface area (Å²) < 4.78 is 21.1. The van der Waals surface area contributed by atoms with Gasteiger partial charge < -0.3 is 10.1 Å². The van der Waals surface area contributed by atoms with Gasteiger partial charge in [-0.05, 0) is 37.5 Å². The maximum atomic E-state index is 13.6. The Kier molecular flexibility index (Phi) is 4.43. The lowest BCUT2D eigenvalue weighted by atomic mass is 9.99. The third-order valence-corrected chi connectivity index (χ3v) is 4.15. The fourth-order valence-electron chi connectivity index (χ4n) is 2.77. The van der Waals surface area contributed by atoms with E-state index in [4.69, 9.17) is 4.74 Å². The number of carbonyl (C=O) groups excluding carboxylic acids is 1. The average Bonchev–Trinajstić information content (AvgIpc) is 2.97. The summed E-state index contributed by atoms with van der Waals surface area (Å²) >= 11 is 0. The van der Waals surface area contributed by atoms with Gasteiger partial charge in [0.25, 0.3) is 5.91 Å². The Labute approximate surface area is 134 Å². The number of ether oxygens (including phenoxy) is 1. The predicted molar refractivity (Wildman–Crippen MR) is 83.5 cm³/mol. The van der Waals surface area contributed by atoms with E-state index in [-0.39, 0.29) is 23.9 Å². The van der Waals surface area contributed by atoms with Gasteiger partial charge in [0.1, 0.15) is 5.82 Å². The van der Waals surface area contributed by atoms with Gasteiger partial charge in [0.2, 0.25) is 0 Å². The molecule has 1 N–H and O–H groups in total. The fourth-order valence-corrected chi connectivity index (χ4v) is 2.77. The molecular formula is C17H20FN3O2. The number of benzene rings is 1. The molecule has 0 spiro atoms. The fraction of sp³-hybridized carbons (Fsp3) is 0.412. The van der Waals surface area contributed by atoms with Crippen molar-refractivity contribution in [3.63, 3.8) is 0 Å². The summed E-state index contributed by atoms with van der Waals surface area (Å²) in [5, 5.41) is 7.13. The second-order valence-corrected chi connectivity index (χ2v) is 5.97. The topological polar surface area (TPSA) is 56.1 Å². The minimum Gasteiger partial charge on any atom is -0.373 e. The molecule has 1 aromatic carbocycles. The molecule has 0 unspecified atom stereocenters. The number of nitrogens with zero attached hydrogens (tertiary/aromatic N) is 2. The quantitative estimate of drug-likeness (QED) is 0.946. The number of nitrogens with one attached hydrogen (secondary N) is 1. The molecular weight excluding hydrogens is 297 g/mol. The molecule has 2 heterocycles. The van der Waals surface area contributed by atoms with Crippen LogP contribution < -0.4 is 5.32 Å². The summed E-state index contributed by atoms with van der Waals surface area (Å²) in [6.45, 7) is 2.25. The first-order valence-corrected chi connectivity index (χ1v) is 7.70. The van der Waals surface area contributed by atoms with Gasteiger partial charge in [0.05, 0.1) is 12.3 Å². The Morgan fingerprint density at radius 1 is 1.48 bits per heavy atom. The van der Waals surface area contributed by atoms with E-state index in [0.717, 1.165) is 12.0 Å². The summed E-state index contributed by atoms with van der Waals surface area (Å²) in [6, 6.07) is 4.55. The molecule has 0 bridgehead atoms. The predicted octanol–water partition coefficient (Wildman–Crippen LogP) is 2.52. The summed E-state index contributed by atoms with van der Waals surface area (Å²) in [5.41, 5.74) is 1.88. The van der Waals surface area contributed by atoms with Gasteiger partial charge in [-0.25, -0.2) is 4.39 Å². The van der Waals surface area contributed by atoms with Gasteiger partial charge in [-0.3, -0.25) is 9.48 Å². The molecule has 0 radical (unpaired) electrons. The first-order valence-electron chi connectivity index (χ1n) is 7.70. The molecule has 1 aliphatic rings. The zero-order valence-electron chi connectivity index (χ0n) is 13.3. The molecule has 2 aromatic rings. The van der Waals surface area contributed by atoms with Crippen LogP contribution in [-0.4, -0.2) is 28.3 Å². The minimum absolute atomic E-state index is 0.00539. The molecule has 1 amide bonds. The van der Waals surface area contributed by atoms with Crippen LogP contribution in [0.3, 0.4) is 0 Å². The first-order chi connectivity index (χ1) is 11.0. The molecule has 1 aliphatic heterocycles. The Bertz CT molecular complexity index is 714. The highest BCUT2D eigenvalue weighted by Gasteiger charge is 2.26. The number of aromatic nitrogens is 2. The van der Waals surface area contributed by atoms with Crippen LogP contribution in [0.1, 0.15) is 40.4 Å². The summed E-state index contributed by atoms with van der Waals surface area (Å²) in [4.78, 5) is 12.3. The van der Waals surface area contributed by atoms with E-state index >= 15 is 0 Å².